The van der Waals surface area contributed by atoms with Gasteiger partial charge in [-0.1, -0.05) is 145 Å². The zero-order valence-corrected chi connectivity index (χ0v) is 38.3. The number of aromatic nitrogens is 3. The quantitative estimate of drug-likeness (QED) is 0.101. The number of imidazole rings is 1. The fourth-order valence-corrected chi connectivity index (χ4v) is 9.57. The van der Waals surface area contributed by atoms with Crippen LogP contribution in [0.3, 0.4) is 0 Å². The zero-order valence-electron chi connectivity index (χ0n) is 34.9. The van der Waals surface area contributed by atoms with Crippen LogP contribution in [0.25, 0.3) is 61.3 Å². The number of hydrogen-bond acceptors (Lipinski definition) is 3. The molecule has 5 aromatic carbocycles. The molecule has 8 aromatic rings. The van der Waals surface area contributed by atoms with Crippen molar-refractivity contribution in [2.24, 2.45) is 5.92 Å². The van der Waals surface area contributed by atoms with Crippen LogP contribution >= 0.6 is 0 Å². The summed E-state index contributed by atoms with van der Waals surface area (Å²) in [5.41, 5.74) is 12.2. The van der Waals surface area contributed by atoms with Gasteiger partial charge in [0.1, 0.15) is 5.58 Å². The van der Waals surface area contributed by atoms with E-state index in [9.17, 15) is 0 Å². The van der Waals surface area contributed by atoms with Crippen molar-refractivity contribution >= 4 is 46.2 Å². The third kappa shape index (κ3) is 8.65. The average Bonchev–Trinajstić information content (AvgIpc) is 3.78. The van der Waals surface area contributed by atoms with Crippen LogP contribution in [-0.2, 0) is 26.5 Å². The number of fused-ring (bicyclic) bond motifs is 4. The second kappa shape index (κ2) is 17.9. The molecule has 0 aliphatic heterocycles. The summed E-state index contributed by atoms with van der Waals surface area (Å²) in [6, 6.07) is 44.5. The van der Waals surface area contributed by atoms with Crippen LogP contribution in [0.2, 0.25) is 19.6 Å². The first kappa shape index (κ1) is 42.0. The van der Waals surface area contributed by atoms with E-state index in [4.69, 9.17) is 14.4 Å². The third-order valence-corrected chi connectivity index (χ3v) is 13.2. The third-order valence-electron chi connectivity index (χ3n) is 11.1. The number of furan rings is 1. The molecule has 0 saturated heterocycles. The summed E-state index contributed by atoms with van der Waals surface area (Å²) < 4.78 is 8.73. The molecule has 0 aliphatic rings. The van der Waals surface area contributed by atoms with E-state index in [0.29, 0.717) is 11.8 Å². The molecule has 295 valence electrons. The topological polar surface area (TPSA) is 43.9 Å². The Balaban J connectivity index is 0.000000208. The number of nitrogens with zero attached hydrogens (tertiary/aromatic N) is 3. The minimum absolute atomic E-state index is 0. The Morgan fingerprint density at radius 2 is 1.42 bits per heavy atom. The second-order valence-electron chi connectivity index (χ2n) is 16.7. The second-order valence-corrected chi connectivity index (χ2v) is 21.7. The summed E-state index contributed by atoms with van der Waals surface area (Å²) >= 11 is 0. The van der Waals surface area contributed by atoms with Crippen LogP contribution in [0.15, 0.2) is 120 Å². The fourth-order valence-electron chi connectivity index (χ4n) is 7.98. The molecule has 0 spiro atoms. The molecule has 0 aliphatic carbocycles. The van der Waals surface area contributed by atoms with E-state index in [-0.39, 0.29) is 20.1 Å². The Hall–Kier alpha value is -4.61. The number of benzene rings is 5. The molecule has 6 heteroatoms. The van der Waals surface area contributed by atoms with E-state index in [1.54, 1.807) is 0 Å². The van der Waals surface area contributed by atoms with Crippen LogP contribution in [-0.4, -0.2) is 22.6 Å². The van der Waals surface area contributed by atoms with E-state index < -0.39 is 8.07 Å². The summed E-state index contributed by atoms with van der Waals surface area (Å²) in [5.74, 6) is 2.37. The maximum absolute atomic E-state index is 6.40. The van der Waals surface area contributed by atoms with Crippen molar-refractivity contribution in [3.8, 4) is 28.3 Å². The first-order valence-corrected chi connectivity index (χ1v) is 23.9. The SMILES string of the molecule is CC(C)c1cccc(C(C)C)c1-n1c(-c2[c-]ccc3c2oc2ccccc23)nc2ccccc21.CCC(CC)Cc1cc(-c2[c-]cccc2)ncc1[Si](C)(C)C.[Ir]. The minimum Gasteiger partial charge on any atom is -0.501 e. The Morgan fingerprint density at radius 3 is 2.09 bits per heavy atom. The van der Waals surface area contributed by atoms with E-state index in [2.05, 4.69) is 157 Å². The van der Waals surface area contributed by atoms with Crippen molar-refractivity contribution in [3.05, 3.63) is 144 Å². The number of pyridine rings is 1. The van der Waals surface area contributed by atoms with Crippen LogP contribution in [0, 0.1) is 18.1 Å². The largest absolute Gasteiger partial charge is 0.501 e. The van der Waals surface area contributed by atoms with Gasteiger partial charge in [0.2, 0.25) is 0 Å². The smallest absolute Gasteiger partial charge is 0.120 e. The van der Waals surface area contributed by atoms with E-state index in [0.717, 1.165) is 61.5 Å². The molecule has 0 atom stereocenters. The van der Waals surface area contributed by atoms with Gasteiger partial charge in [-0.15, -0.1) is 54.1 Å². The predicted octanol–water partition coefficient (Wildman–Crippen LogP) is 13.7. The zero-order chi connectivity index (χ0) is 39.6. The summed E-state index contributed by atoms with van der Waals surface area (Å²) in [4.78, 5) is 9.89. The van der Waals surface area contributed by atoms with Crippen molar-refractivity contribution in [3.63, 3.8) is 0 Å². The maximum Gasteiger partial charge on any atom is 0.120 e. The van der Waals surface area contributed by atoms with Crippen LogP contribution in [0.5, 0.6) is 0 Å². The molecule has 1 radical (unpaired) electrons. The van der Waals surface area contributed by atoms with Crippen LogP contribution in [0.1, 0.15) is 82.9 Å². The van der Waals surface area contributed by atoms with Gasteiger partial charge >= 0.3 is 0 Å². The van der Waals surface area contributed by atoms with Gasteiger partial charge in [-0.2, -0.15) is 0 Å². The molecular formula is C51H55IrN3OSi-2. The molecule has 0 amide bonds. The molecule has 4 nitrogen and oxygen atoms in total. The van der Waals surface area contributed by atoms with Crippen LogP contribution < -0.4 is 5.19 Å². The molecular weight excluding hydrogens is 891 g/mol. The first-order valence-electron chi connectivity index (χ1n) is 20.4. The summed E-state index contributed by atoms with van der Waals surface area (Å²) in [7, 11) is -1.37. The minimum atomic E-state index is -1.37. The molecule has 8 rings (SSSR count). The standard InChI is InChI=1S/C31H27N2O.C20H28NSi.Ir/c1-19(2)21-12-9-13-22(20(3)4)29(21)33-27-17-7-6-16-26(27)32-31(33)25-15-10-14-24-23-11-5-8-18-28(23)34-30(24)25;1-6-16(7-2)13-18-14-19(17-11-9-8-10-12-17)21-15-20(18)22(3,4)5;/h5-14,16-20H,1-4H3;8-11,14-16H,6-7,13H2,1-5H3;/q2*-1;. The van der Waals surface area contributed by atoms with Crippen molar-refractivity contribution < 1.29 is 24.5 Å². The summed E-state index contributed by atoms with van der Waals surface area (Å²) in [5, 5.41) is 3.71. The number of para-hydroxylation sites is 4. The van der Waals surface area contributed by atoms with E-state index in [1.807, 2.05) is 36.4 Å². The molecule has 57 heavy (non-hydrogen) atoms. The van der Waals surface area contributed by atoms with Crippen molar-refractivity contribution in [1.82, 2.24) is 14.5 Å². The van der Waals surface area contributed by atoms with Crippen molar-refractivity contribution in [1.29, 1.82) is 0 Å². The van der Waals surface area contributed by atoms with Crippen LogP contribution in [0.4, 0.5) is 0 Å². The van der Waals surface area contributed by atoms with Gasteiger partial charge in [0.25, 0.3) is 0 Å². The molecule has 3 aromatic heterocycles. The maximum atomic E-state index is 6.40. The normalized spacial score (nSPS) is 11.8. The van der Waals surface area contributed by atoms with Crippen molar-refractivity contribution in [2.45, 2.75) is 92.3 Å². The fraction of sp³-hybridized carbons (Fsp3) is 0.294. The predicted molar refractivity (Wildman–Crippen MR) is 240 cm³/mol. The molecule has 0 unspecified atom stereocenters. The first-order chi connectivity index (χ1) is 27.0. The van der Waals surface area contributed by atoms with Gasteiger partial charge < -0.3 is 14.0 Å². The van der Waals surface area contributed by atoms with E-state index >= 15 is 0 Å². The molecule has 0 fully saturated rings. The molecule has 3 heterocycles. The Morgan fingerprint density at radius 1 is 0.737 bits per heavy atom. The van der Waals surface area contributed by atoms with Gasteiger partial charge in [0.15, 0.2) is 0 Å². The Kier molecular flexibility index (Phi) is 13.2. The summed E-state index contributed by atoms with van der Waals surface area (Å²) in [6.45, 7) is 20.9. The average molecular weight is 946 g/mol. The van der Waals surface area contributed by atoms with Gasteiger partial charge in [-0.05, 0) is 64.4 Å². The number of hydrogen-bond donors (Lipinski definition) is 0. The van der Waals surface area contributed by atoms with Gasteiger partial charge in [0, 0.05) is 37.4 Å². The van der Waals surface area contributed by atoms with E-state index in [1.165, 1.54) is 46.8 Å². The molecule has 0 bridgehead atoms. The molecule has 0 N–H and O–H groups in total. The monoisotopic (exact) mass is 946 g/mol. The van der Waals surface area contributed by atoms with Gasteiger partial charge in [0.05, 0.1) is 30.5 Å². The Labute approximate surface area is 354 Å². The summed E-state index contributed by atoms with van der Waals surface area (Å²) in [6.07, 6.45) is 5.81. The Bertz CT molecular complexity index is 2570. The molecule has 0 saturated carbocycles. The van der Waals surface area contributed by atoms with Gasteiger partial charge in [-0.3, -0.25) is 4.98 Å². The van der Waals surface area contributed by atoms with Crippen molar-refractivity contribution in [2.75, 3.05) is 0 Å². The number of rotatable bonds is 10. The van der Waals surface area contributed by atoms with Gasteiger partial charge in [-0.25, -0.2) is 0 Å².